The summed E-state index contributed by atoms with van der Waals surface area (Å²) in [6.45, 7) is 2.57. The summed E-state index contributed by atoms with van der Waals surface area (Å²) in [5.41, 5.74) is 1.22. The molecule has 0 radical (unpaired) electrons. The van der Waals surface area contributed by atoms with E-state index in [4.69, 9.17) is 21.1 Å². The number of anilines is 1. The zero-order chi connectivity index (χ0) is 21.6. The van der Waals surface area contributed by atoms with Crippen molar-refractivity contribution in [1.29, 1.82) is 0 Å². The van der Waals surface area contributed by atoms with Crippen LogP contribution in [0.15, 0.2) is 47.4 Å². The number of aryl methyl sites for hydroxylation is 1. The number of esters is 1. The summed E-state index contributed by atoms with van der Waals surface area (Å²) in [7, 11) is -2.44. The number of ether oxygens (including phenoxy) is 2. The van der Waals surface area contributed by atoms with E-state index in [0.29, 0.717) is 16.5 Å². The number of halogens is 1. The first kappa shape index (κ1) is 22.7. The lowest BCUT2D eigenvalue weighted by atomic mass is 10.2. The summed E-state index contributed by atoms with van der Waals surface area (Å²) >= 11 is 5.91. The van der Waals surface area contributed by atoms with Gasteiger partial charge in [0.2, 0.25) is 10.0 Å². The van der Waals surface area contributed by atoms with Crippen molar-refractivity contribution in [2.75, 3.05) is 19.0 Å². The SMILES string of the molecule is COc1ccc(Cl)cc1NC(=O)C(C)OC(=O)CNS(=O)(=O)c1ccc(C)cc1. The van der Waals surface area contributed by atoms with E-state index in [0.717, 1.165) is 5.56 Å². The van der Waals surface area contributed by atoms with Crippen LogP contribution in [0.5, 0.6) is 5.75 Å². The van der Waals surface area contributed by atoms with Gasteiger partial charge < -0.3 is 14.8 Å². The van der Waals surface area contributed by atoms with Gasteiger partial charge in [-0.3, -0.25) is 9.59 Å². The van der Waals surface area contributed by atoms with E-state index in [1.165, 1.54) is 32.2 Å². The van der Waals surface area contributed by atoms with E-state index in [1.807, 2.05) is 6.92 Å². The Labute approximate surface area is 174 Å². The first-order chi connectivity index (χ1) is 13.6. The van der Waals surface area contributed by atoms with E-state index in [1.54, 1.807) is 24.3 Å². The number of methoxy groups -OCH3 is 1. The second kappa shape index (κ2) is 9.73. The molecule has 29 heavy (non-hydrogen) atoms. The van der Waals surface area contributed by atoms with Crippen LogP contribution in [-0.4, -0.2) is 40.1 Å². The van der Waals surface area contributed by atoms with E-state index in [-0.39, 0.29) is 4.90 Å². The Kier molecular flexibility index (Phi) is 7.60. The zero-order valence-electron chi connectivity index (χ0n) is 16.1. The minimum Gasteiger partial charge on any atom is -0.495 e. The molecule has 1 amide bonds. The smallest absolute Gasteiger partial charge is 0.321 e. The molecule has 0 aliphatic rings. The number of amides is 1. The Morgan fingerprint density at radius 1 is 1.14 bits per heavy atom. The fraction of sp³-hybridized carbons (Fsp3) is 0.263. The van der Waals surface area contributed by atoms with E-state index in [9.17, 15) is 18.0 Å². The highest BCUT2D eigenvalue weighted by Gasteiger charge is 2.21. The van der Waals surface area contributed by atoms with Crippen molar-refractivity contribution >= 4 is 39.2 Å². The molecule has 2 aromatic carbocycles. The van der Waals surface area contributed by atoms with Crippen LogP contribution in [0.3, 0.4) is 0 Å². The largest absolute Gasteiger partial charge is 0.495 e. The Hall–Kier alpha value is -2.62. The fourth-order valence-corrected chi connectivity index (χ4v) is 3.40. The third-order valence-electron chi connectivity index (χ3n) is 3.83. The van der Waals surface area contributed by atoms with Gasteiger partial charge in [-0.2, -0.15) is 4.72 Å². The summed E-state index contributed by atoms with van der Waals surface area (Å²) in [6.07, 6.45) is -1.17. The van der Waals surface area contributed by atoms with Gasteiger partial charge in [0.1, 0.15) is 12.3 Å². The molecule has 0 saturated heterocycles. The number of carbonyl (C=O) groups is 2. The van der Waals surface area contributed by atoms with Crippen molar-refractivity contribution in [3.05, 3.63) is 53.1 Å². The molecule has 1 atom stereocenters. The Bertz CT molecular complexity index is 992. The number of rotatable bonds is 8. The second-order valence-corrected chi connectivity index (χ2v) is 8.31. The number of hydrogen-bond acceptors (Lipinski definition) is 6. The maximum atomic E-state index is 12.3. The van der Waals surface area contributed by atoms with Gasteiger partial charge in [0.15, 0.2) is 6.10 Å². The molecule has 0 aliphatic carbocycles. The van der Waals surface area contributed by atoms with Crippen LogP contribution in [0.25, 0.3) is 0 Å². The predicted molar refractivity (Wildman–Crippen MR) is 109 cm³/mol. The molecule has 0 spiro atoms. The Morgan fingerprint density at radius 2 is 1.79 bits per heavy atom. The molecule has 0 bridgehead atoms. The van der Waals surface area contributed by atoms with Crippen LogP contribution in [0, 0.1) is 6.92 Å². The topological polar surface area (TPSA) is 111 Å². The maximum absolute atomic E-state index is 12.3. The van der Waals surface area contributed by atoms with Gasteiger partial charge >= 0.3 is 5.97 Å². The van der Waals surface area contributed by atoms with Crippen LogP contribution < -0.4 is 14.8 Å². The van der Waals surface area contributed by atoms with Gasteiger partial charge in [-0.25, -0.2) is 8.42 Å². The molecule has 0 fully saturated rings. The van der Waals surface area contributed by atoms with E-state index >= 15 is 0 Å². The molecule has 8 nitrogen and oxygen atoms in total. The average Bonchev–Trinajstić information content (AvgIpc) is 2.67. The monoisotopic (exact) mass is 440 g/mol. The fourth-order valence-electron chi connectivity index (χ4n) is 2.26. The van der Waals surface area contributed by atoms with Crippen molar-refractivity contribution in [2.45, 2.75) is 24.8 Å². The Morgan fingerprint density at radius 3 is 2.41 bits per heavy atom. The summed E-state index contributed by atoms with van der Waals surface area (Å²) in [6, 6.07) is 10.8. The number of benzene rings is 2. The lowest BCUT2D eigenvalue weighted by Crippen LogP contribution is -2.35. The van der Waals surface area contributed by atoms with E-state index in [2.05, 4.69) is 10.0 Å². The lowest BCUT2D eigenvalue weighted by Gasteiger charge is -2.15. The number of sulfonamides is 1. The summed E-state index contributed by atoms with van der Waals surface area (Å²) in [4.78, 5) is 24.2. The van der Waals surface area contributed by atoms with Gasteiger partial charge in [0, 0.05) is 5.02 Å². The van der Waals surface area contributed by atoms with Crippen LogP contribution in [0.1, 0.15) is 12.5 Å². The molecule has 0 aliphatic heterocycles. The highest BCUT2D eigenvalue weighted by molar-refractivity contribution is 7.89. The normalized spacial score (nSPS) is 12.1. The summed E-state index contributed by atoms with van der Waals surface area (Å²) in [5, 5.41) is 2.93. The van der Waals surface area contributed by atoms with Crippen molar-refractivity contribution in [1.82, 2.24) is 4.72 Å². The Balaban J connectivity index is 1.92. The minimum absolute atomic E-state index is 0.0229. The van der Waals surface area contributed by atoms with Gasteiger partial charge in [-0.05, 0) is 44.2 Å². The molecule has 2 rings (SSSR count). The maximum Gasteiger partial charge on any atom is 0.321 e. The number of carbonyl (C=O) groups excluding carboxylic acids is 2. The van der Waals surface area contributed by atoms with Crippen LogP contribution in [0.2, 0.25) is 5.02 Å². The quantitative estimate of drug-likeness (QED) is 0.610. The highest BCUT2D eigenvalue weighted by Crippen LogP contribution is 2.27. The summed E-state index contributed by atoms with van der Waals surface area (Å²) in [5.74, 6) is -1.14. The molecule has 2 aromatic rings. The predicted octanol–water partition coefficient (Wildman–Crippen LogP) is 2.51. The van der Waals surface area contributed by atoms with Crippen molar-refractivity contribution in [3.63, 3.8) is 0 Å². The van der Waals surface area contributed by atoms with Crippen LogP contribution >= 0.6 is 11.6 Å². The molecule has 0 heterocycles. The van der Waals surface area contributed by atoms with Crippen LogP contribution in [0.4, 0.5) is 5.69 Å². The number of nitrogens with one attached hydrogen (secondary N) is 2. The molecule has 156 valence electrons. The molecule has 0 saturated carbocycles. The first-order valence-corrected chi connectivity index (χ1v) is 10.4. The molecular weight excluding hydrogens is 420 g/mol. The minimum atomic E-state index is -3.87. The molecule has 10 heteroatoms. The van der Waals surface area contributed by atoms with Crippen LogP contribution in [-0.2, 0) is 24.3 Å². The zero-order valence-corrected chi connectivity index (χ0v) is 17.6. The van der Waals surface area contributed by atoms with Crippen molar-refractivity contribution in [3.8, 4) is 5.75 Å². The average molecular weight is 441 g/mol. The molecule has 1 unspecified atom stereocenters. The van der Waals surface area contributed by atoms with Gasteiger partial charge in [-0.15, -0.1) is 0 Å². The van der Waals surface area contributed by atoms with Crippen molar-refractivity contribution < 1.29 is 27.5 Å². The lowest BCUT2D eigenvalue weighted by molar-refractivity contribution is -0.151. The van der Waals surface area contributed by atoms with Gasteiger partial charge in [0.05, 0.1) is 17.7 Å². The van der Waals surface area contributed by atoms with Gasteiger partial charge in [-0.1, -0.05) is 29.3 Å². The second-order valence-electron chi connectivity index (χ2n) is 6.10. The highest BCUT2D eigenvalue weighted by atomic mass is 35.5. The first-order valence-electron chi connectivity index (χ1n) is 8.52. The third-order valence-corrected chi connectivity index (χ3v) is 5.49. The van der Waals surface area contributed by atoms with Crippen molar-refractivity contribution in [2.24, 2.45) is 0 Å². The third kappa shape index (κ3) is 6.45. The van der Waals surface area contributed by atoms with Gasteiger partial charge in [0.25, 0.3) is 5.91 Å². The standard InChI is InChI=1S/C19H21ClN2O6S/c1-12-4-7-15(8-5-12)29(25,26)21-11-18(23)28-13(2)19(24)22-16-10-14(20)6-9-17(16)27-3/h4-10,13,21H,11H2,1-3H3,(H,22,24). The molecular formula is C19H21ClN2O6S. The summed E-state index contributed by atoms with van der Waals surface area (Å²) < 4.78 is 36.6. The number of hydrogen-bond donors (Lipinski definition) is 2. The molecule has 2 N–H and O–H groups in total. The molecule has 0 aromatic heterocycles. The van der Waals surface area contributed by atoms with E-state index < -0.39 is 34.5 Å².